The van der Waals surface area contributed by atoms with E-state index in [4.69, 9.17) is 10.5 Å². The van der Waals surface area contributed by atoms with Gasteiger partial charge in [0.05, 0.1) is 29.2 Å². The van der Waals surface area contributed by atoms with Crippen molar-refractivity contribution in [1.82, 2.24) is 14.5 Å². The van der Waals surface area contributed by atoms with Gasteiger partial charge in [-0.3, -0.25) is 19.1 Å². The van der Waals surface area contributed by atoms with Gasteiger partial charge >= 0.3 is 5.69 Å². The molecular weight excluding hydrogens is 400 g/mol. The fourth-order valence-electron chi connectivity index (χ4n) is 4.84. The average molecular weight is 431 g/mol. The van der Waals surface area contributed by atoms with Crippen LogP contribution in [0.2, 0.25) is 0 Å². The summed E-state index contributed by atoms with van der Waals surface area (Å²) in [4.78, 5) is 41.7. The number of hydrogen-bond acceptors (Lipinski definition) is 6. The molecule has 0 bridgehead atoms. The van der Waals surface area contributed by atoms with Crippen molar-refractivity contribution in [3.8, 4) is 0 Å². The number of carbonyl (C=O) groups excluding carboxylic acids is 1. The summed E-state index contributed by atoms with van der Waals surface area (Å²) in [5.41, 5.74) is 3.20. The van der Waals surface area contributed by atoms with Gasteiger partial charge in [-0.05, 0) is 44.9 Å². The number of likely N-dealkylation sites (tertiary alicyclic amines) is 1. The molecule has 168 valence electrons. The minimum Gasteiger partial charge on any atom is -0.386 e. The van der Waals surface area contributed by atoms with Gasteiger partial charge in [0.15, 0.2) is 0 Å². The maximum atomic E-state index is 12.8. The molecule has 4 N–H and O–H groups in total. The van der Waals surface area contributed by atoms with Crippen LogP contribution in [-0.2, 0) is 9.53 Å². The number of ether oxygens (including phenoxy) is 1. The number of nitrogens with one attached hydrogen (secondary N) is 1. The molecule has 0 radical (unpaired) electrons. The van der Waals surface area contributed by atoms with E-state index in [1.165, 1.54) is 4.57 Å². The van der Waals surface area contributed by atoms with Crippen molar-refractivity contribution in [2.75, 3.05) is 26.2 Å². The van der Waals surface area contributed by atoms with Crippen LogP contribution in [-0.4, -0.2) is 62.9 Å². The molecule has 1 amide bonds. The first-order chi connectivity index (χ1) is 14.8. The van der Waals surface area contributed by atoms with Gasteiger partial charge in [0.1, 0.15) is 5.60 Å². The monoisotopic (exact) mass is 430 g/mol. The summed E-state index contributed by atoms with van der Waals surface area (Å²) in [7, 11) is 0. The van der Waals surface area contributed by atoms with Gasteiger partial charge < -0.3 is 20.5 Å². The number of rotatable bonds is 4. The van der Waals surface area contributed by atoms with E-state index in [9.17, 15) is 19.5 Å². The molecule has 9 heteroatoms. The third-order valence-electron chi connectivity index (χ3n) is 6.74. The number of H-pyrrole nitrogens is 1. The number of amides is 1. The zero-order chi connectivity index (χ0) is 22.2. The summed E-state index contributed by atoms with van der Waals surface area (Å²) in [5, 5.41) is 11.5. The number of benzene rings is 1. The molecule has 3 heterocycles. The Bertz CT molecular complexity index is 1080. The molecule has 1 aromatic heterocycles. The second kappa shape index (κ2) is 8.22. The highest BCUT2D eigenvalue weighted by molar-refractivity contribution is 5.78. The molecule has 2 aliphatic rings. The molecule has 9 nitrogen and oxygen atoms in total. The standard InChI is InChI=1S/C22H30N4O5/c1-21(30)14-31-22(8-11-25(12-9-22)18(27)7-4-10-23)13-17(21)26-16-6-3-2-5-15(16)19(28)24-20(26)29/h2-3,5-6,17,30H,4,7-14,23H2,1H3,(H,24,28,29)/t17-,21-/m0/s1. The Morgan fingerprint density at radius 1 is 1.29 bits per heavy atom. The third kappa shape index (κ3) is 4.05. The number of hydrogen-bond donors (Lipinski definition) is 3. The van der Waals surface area contributed by atoms with E-state index >= 15 is 0 Å². The Labute approximate surface area is 179 Å². The highest BCUT2D eigenvalue weighted by Crippen LogP contribution is 2.44. The number of piperidine rings is 1. The molecule has 0 aliphatic carbocycles. The van der Waals surface area contributed by atoms with E-state index in [0.717, 1.165) is 0 Å². The molecule has 31 heavy (non-hydrogen) atoms. The van der Waals surface area contributed by atoms with Gasteiger partial charge in [-0.1, -0.05) is 12.1 Å². The Balaban J connectivity index is 1.63. The summed E-state index contributed by atoms with van der Waals surface area (Å²) in [6.07, 6.45) is 2.79. The summed E-state index contributed by atoms with van der Waals surface area (Å²) in [6, 6.07) is 6.33. The van der Waals surface area contributed by atoms with E-state index in [-0.39, 0.29) is 12.5 Å². The Morgan fingerprint density at radius 3 is 2.71 bits per heavy atom. The summed E-state index contributed by atoms with van der Waals surface area (Å²) in [5.74, 6) is 0.0995. The second-order valence-electron chi connectivity index (χ2n) is 8.97. The van der Waals surface area contributed by atoms with Crippen LogP contribution in [0.3, 0.4) is 0 Å². The first kappa shape index (κ1) is 21.7. The molecule has 4 rings (SSSR count). The van der Waals surface area contributed by atoms with Crippen molar-refractivity contribution in [3.63, 3.8) is 0 Å². The Kier molecular flexibility index (Phi) is 5.76. The van der Waals surface area contributed by atoms with E-state index in [1.807, 2.05) is 4.90 Å². The molecule has 0 saturated carbocycles. The highest BCUT2D eigenvalue weighted by atomic mass is 16.5. The topological polar surface area (TPSA) is 131 Å². The average Bonchev–Trinajstić information content (AvgIpc) is 2.75. The van der Waals surface area contributed by atoms with Gasteiger partial charge in [0, 0.05) is 25.9 Å². The van der Waals surface area contributed by atoms with Crippen LogP contribution in [0, 0.1) is 0 Å². The van der Waals surface area contributed by atoms with Crippen LogP contribution in [0.4, 0.5) is 0 Å². The van der Waals surface area contributed by atoms with Crippen molar-refractivity contribution in [1.29, 1.82) is 0 Å². The number of fused-ring (bicyclic) bond motifs is 1. The largest absolute Gasteiger partial charge is 0.386 e. The van der Waals surface area contributed by atoms with Crippen LogP contribution >= 0.6 is 0 Å². The predicted molar refractivity (Wildman–Crippen MR) is 116 cm³/mol. The fourth-order valence-corrected chi connectivity index (χ4v) is 4.84. The van der Waals surface area contributed by atoms with Gasteiger partial charge in [-0.25, -0.2) is 4.79 Å². The predicted octanol–water partition coefficient (Wildman–Crippen LogP) is 0.502. The fraction of sp³-hybridized carbons (Fsp3) is 0.591. The van der Waals surface area contributed by atoms with Crippen molar-refractivity contribution >= 4 is 16.8 Å². The van der Waals surface area contributed by atoms with Gasteiger partial charge in [0.25, 0.3) is 5.56 Å². The number of para-hydroxylation sites is 1. The zero-order valence-electron chi connectivity index (χ0n) is 17.8. The summed E-state index contributed by atoms with van der Waals surface area (Å²) >= 11 is 0. The van der Waals surface area contributed by atoms with Crippen LogP contribution in [0.5, 0.6) is 0 Å². The lowest BCUT2D eigenvalue weighted by molar-refractivity contribution is -0.201. The highest BCUT2D eigenvalue weighted by Gasteiger charge is 2.50. The quantitative estimate of drug-likeness (QED) is 0.648. The number of nitrogens with zero attached hydrogens (tertiary/aromatic N) is 2. The normalized spacial score (nSPS) is 25.8. The molecule has 1 spiro atoms. The van der Waals surface area contributed by atoms with Gasteiger partial charge in [-0.15, -0.1) is 0 Å². The molecule has 2 aliphatic heterocycles. The SMILES string of the molecule is C[C@]1(O)COC2(CCN(C(=O)CCCN)CC2)C[C@@H]1n1c(=O)[nH]c(=O)c2ccccc21. The van der Waals surface area contributed by atoms with Gasteiger partial charge in [-0.2, -0.15) is 0 Å². The molecule has 1 aromatic carbocycles. The zero-order valence-corrected chi connectivity index (χ0v) is 17.8. The van der Waals surface area contributed by atoms with E-state index in [1.54, 1.807) is 31.2 Å². The number of aliphatic hydroxyl groups is 1. The molecule has 0 unspecified atom stereocenters. The van der Waals surface area contributed by atoms with Crippen LogP contribution in [0.25, 0.3) is 10.9 Å². The summed E-state index contributed by atoms with van der Waals surface area (Å²) in [6.45, 7) is 3.35. The molecule has 2 aromatic rings. The maximum Gasteiger partial charge on any atom is 0.329 e. The van der Waals surface area contributed by atoms with Crippen LogP contribution < -0.4 is 17.0 Å². The van der Waals surface area contributed by atoms with Crippen LogP contribution in [0.1, 0.15) is 45.1 Å². The minimum atomic E-state index is -1.29. The molecule has 2 atom stereocenters. The molecule has 2 fully saturated rings. The van der Waals surface area contributed by atoms with Crippen molar-refractivity contribution in [2.45, 2.75) is 56.3 Å². The van der Waals surface area contributed by atoms with Crippen molar-refractivity contribution in [3.05, 3.63) is 45.1 Å². The minimum absolute atomic E-state index is 0.0681. The number of aromatic nitrogens is 2. The third-order valence-corrected chi connectivity index (χ3v) is 6.74. The number of nitrogens with two attached hydrogens (primary N) is 1. The van der Waals surface area contributed by atoms with Crippen molar-refractivity contribution in [2.24, 2.45) is 5.73 Å². The van der Waals surface area contributed by atoms with Crippen molar-refractivity contribution < 1.29 is 14.6 Å². The number of carbonyl (C=O) groups is 1. The lowest BCUT2D eigenvalue weighted by atomic mass is 9.77. The molecular formula is C22H30N4O5. The van der Waals surface area contributed by atoms with Crippen LogP contribution in [0.15, 0.2) is 33.9 Å². The Morgan fingerprint density at radius 2 is 2.00 bits per heavy atom. The van der Waals surface area contributed by atoms with E-state index < -0.39 is 28.5 Å². The maximum absolute atomic E-state index is 12.8. The van der Waals surface area contributed by atoms with E-state index in [2.05, 4.69) is 4.98 Å². The molecule has 2 saturated heterocycles. The summed E-state index contributed by atoms with van der Waals surface area (Å²) < 4.78 is 7.66. The Hall–Kier alpha value is -2.49. The first-order valence-electron chi connectivity index (χ1n) is 10.8. The smallest absolute Gasteiger partial charge is 0.329 e. The first-order valence-corrected chi connectivity index (χ1v) is 10.8. The lowest BCUT2D eigenvalue weighted by Gasteiger charge is -2.51. The van der Waals surface area contributed by atoms with Gasteiger partial charge in [0.2, 0.25) is 5.91 Å². The van der Waals surface area contributed by atoms with E-state index in [0.29, 0.717) is 62.6 Å². The lowest BCUT2D eigenvalue weighted by Crippen LogP contribution is -2.59. The second-order valence-corrected chi connectivity index (χ2v) is 8.97. The number of aromatic amines is 1.